The van der Waals surface area contributed by atoms with Crippen molar-refractivity contribution in [2.24, 2.45) is 5.73 Å². The van der Waals surface area contributed by atoms with Crippen LogP contribution in [0, 0.1) is 0 Å². The predicted octanol–water partition coefficient (Wildman–Crippen LogP) is 0.773. The molecule has 0 aliphatic heterocycles. The van der Waals surface area contributed by atoms with Gasteiger partial charge < -0.3 is 16.6 Å². The summed E-state index contributed by atoms with van der Waals surface area (Å²) in [6.07, 6.45) is 0. The van der Waals surface area contributed by atoms with E-state index in [1.165, 1.54) is 11.8 Å². The number of nitrogen functional groups attached to an aromatic ring is 1. The standard InChI is InChI=1S/C9H12N2O2S/c10-6-3-1-2-4-8(6)14-5-7(11)9(12)13/h1-4,7H,5,10-11H2,(H,12,13). The van der Waals surface area contributed by atoms with Gasteiger partial charge >= 0.3 is 5.97 Å². The number of para-hydroxylation sites is 1. The van der Waals surface area contributed by atoms with Crippen LogP contribution < -0.4 is 11.5 Å². The third kappa shape index (κ3) is 2.93. The first-order chi connectivity index (χ1) is 6.61. The van der Waals surface area contributed by atoms with E-state index in [9.17, 15) is 4.79 Å². The third-order valence-electron chi connectivity index (χ3n) is 1.65. The molecular formula is C9H12N2O2S. The van der Waals surface area contributed by atoms with Crippen LogP contribution in [0.5, 0.6) is 0 Å². The maximum absolute atomic E-state index is 10.4. The second-order valence-corrected chi connectivity index (χ2v) is 3.86. The Kier molecular flexibility index (Phi) is 3.79. The largest absolute Gasteiger partial charge is 0.480 e. The lowest BCUT2D eigenvalue weighted by molar-refractivity contribution is -0.137. The maximum atomic E-state index is 10.4. The van der Waals surface area contributed by atoms with Crippen LogP contribution in [-0.2, 0) is 4.79 Å². The van der Waals surface area contributed by atoms with Crippen molar-refractivity contribution in [3.63, 3.8) is 0 Å². The summed E-state index contributed by atoms with van der Waals surface area (Å²) in [5.41, 5.74) is 11.7. The number of nitrogens with two attached hydrogens (primary N) is 2. The molecule has 1 unspecified atom stereocenters. The first-order valence-corrected chi connectivity index (χ1v) is 5.05. The fourth-order valence-electron chi connectivity index (χ4n) is 0.863. The number of anilines is 1. The molecule has 0 saturated carbocycles. The molecule has 76 valence electrons. The summed E-state index contributed by atoms with van der Waals surface area (Å²) in [6.45, 7) is 0. The molecule has 4 nitrogen and oxygen atoms in total. The molecule has 0 fully saturated rings. The van der Waals surface area contributed by atoms with E-state index in [4.69, 9.17) is 16.6 Å². The molecule has 0 saturated heterocycles. The van der Waals surface area contributed by atoms with Crippen molar-refractivity contribution in [2.45, 2.75) is 10.9 Å². The van der Waals surface area contributed by atoms with Crippen molar-refractivity contribution in [2.75, 3.05) is 11.5 Å². The number of carboxylic acid groups (broad SMARTS) is 1. The van der Waals surface area contributed by atoms with Gasteiger partial charge in [-0.25, -0.2) is 0 Å². The SMILES string of the molecule is Nc1ccccc1SCC(N)C(=O)O. The molecule has 0 spiro atoms. The average molecular weight is 212 g/mol. The Bertz CT molecular complexity index is 330. The smallest absolute Gasteiger partial charge is 0.321 e. The Morgan fingerprint density at radius 3 is 2.71 bits per heavy atom. The zero-order valence-corrected chi connectivity index (χ0v) is 8.33. The monoisotopic (exact) mass is 212 g/mol. The van der Waals surface area contributed by atoms with Gasteiger partial charge in [0, 0.05) is 16.3 Å². The van der Waals surface area contributed by atoms with Crippen LogP contribution in [0.15, 0.2) is 29.2 Å². The van der Waals surface area contributed by atoms with Crippen LogP contribution in [0.25, 0.3) is 0 Å². The van der Waals surface area contributed by atoms with E-state index in [0.717, 1.165) is 4.90 Å². The van der Waals surface area contributed by atoms with Crippen LogP contribution >= 0.6 is 11.8 Å². The summed E-state index contributed by atoms with van der Waals surface area (Å²) in [5, 5.41) is 8.56. The van der Waals surface area contributed by atoms with Gasteiger partial charge in [-0.2, -0.15) is 0 Å². The molecule has 0 radical (unpaired) electrons. The Balaban J connectivity index is 2.54. The van der Waals surface area contributed by atoms with Crippen molar-refractivity contribution < 1.29 is 9.90 Å². The molecule has 1 rings (SSSR count). The summed E-state index contributed by atoms with van der Waals surface area (Å²) in [4.78, 5) is 11.3. The second-order valence-electron chi connectivity index (χ2n) is 2.79. The molecule has 5 heteroatoms. The molecule has 1 atom stereocenters. The van der Waals surface area contributed by atoms with Gasteiger partial charge in [0.15, 0.2) is 0 Å². The van der Waals surface area contributed by atoms with Gasteiger partial charge in [0.05, 0.1) is 0 Å². The van der Waals surface area contributed by atoms with Gasteiger partial charge in [-0.3, -0.25) is 4.79 Å². The number of thioether (sulfide) groups is 1. The van der Waals surface area contributed by atoms with E-state index < -0.39 is 12.0 Å². The Labute approximate surface area is 86.3 Å². The number of aliphatic carboxylic acids is 1. The van der Waals surface area contributed by atoms with Gasteiger partial charge in [-0.05, 0) is 12.1 Å². The van der Waals surface area contributed by atoms with Gasteiger partial charge in [0.1, 0.15) is 6.04 Å². The summed E-state index contributed by atoms with van der Waals surface area (Å²) in [6, 6.07) is 6.45. The number of benzene rings is 1. The van der Waals surface area contributed by atoms with Crippen molar-refractivity contribution in [3.8, 4) is 0 Å². The van der Waals surface area contributed by atoms with Crippen molar-refractivity contribution in [1.82, 2.24) is 0 Å². The minimum absolute atomic E-state index is 0.323. The van der Waals surface area contributed by atoms with Crippen molar-refractivity contribution in [1.29, 1.82) is 0 Å². The second kappa shape index (κ2) is 4.88. The molecule has 1 aromatic rings. The lowest BCUT2D eigenvalue weighted by Gasteiger charge is -2.07. The molecule has 0 bridgehead atoms. The van der Waals surface area contributed by atoms with Crippen LogP contribution in [0.1, 0.15) is 0 Å². The lowest BCUT2D eigenvalue weighted by Crippen LogP contribution is -2.32. The fraction of sp³-hybridized carbons (Fsp3) is 0.222. The fourth-order valence-corrected chi connectivity index (χ4v) is 1.77. The average Bonchev–Trinajstić information content (AvgIpc) is 2.16. The first-order valence-electron chi connectivity index (χ1n) is 4.07. The topological polar surface area (TPSA) is 89.3 Å². The zero-order chi connectivity index (χ0) is 10.6. The minimum atomic E-state index is -0.994. The highest BCUT2D eigenvalue weighted by Gasteiger charge is 2.11. The predicted molar refractivity (Wildman–Crippen MR) is 57.2 cm³/mol. The van der Waals surface area contributed by atoms with Gasteiger partial charge in [0.2, 0.25) is 0 Å². The minimum Gasteiger partial charge on any atom is -0.480 e. The molecule has 5 N–H and O–H groups in total. The first kappa shape index (κ1) is 10.9. The maximum Gasteiger partial charge on any atom is 0.321 e. The summed E-state index contributed by atoms with van der Waals surface area (Å²) in [5.74, 6) is -0.671. The molecule has 0 aliphatic carbocycles. The van der Waals surface area contributed by atoms with Gasteiger partial charge in [-0.1, -0.05) is 12.1 Å². The van der Waals surface area contributed by atoms with Crippen molar-refractivity contribution >= 4 is 23.4 Å². The quantitative estimate of drug-likeness (QED) is 0.506. The normalized spacial score (nSPS) is 12.4. The van der Waals surface area contributed by atoms with Crippen LogP contribution in [0.4, 0.5) is 5.69 Å². The number of carbonyl (C=O) groups is 1. The van der Waals surface area contributed by atoms with E-state index in [0.29, 0.717) is 11.4 Å². The molecule has 1 aromatic carbocycles. The number of hydrogen-bond donors (Lipinski definition) is 3. The Hall–Kier alpha value is -1.20. The highest BCUT2D eigenvalue weighted by Crippen LogP contribution is 2.24. The van der Waals surface area contributed by atoms with E-state index in [-0.39, 0.29) is 0 Å². The van der Waals surface area contributed by atoms with Crippen LogP contribution in [-0.4, -0.2) is 22.9 Å². The third-order valence-corrected chi connectivity index (χ3v) is 2.86. The Morgan fingerprint density at radius 1 is 1.50 bits per heavy atom. The molecule has 0 amide bonds. The van der Waals surface area contributed by atoms with Gasteiger partial charge in [0.25, 0.3) is 0 Å². The van der Waals surface area contributed by atoms with E-state index in [1.807, 2.05) is 18.2 Å². The van der Waals surface area contributed by atoms with E-state index in [1.54, 1.807) is 6.07 Å². The van der Waals surface area contributed by atoms with Crippen molar-refractivity contribution in [3.05, 3.63) is 24.3 Å². The lowest BCUT2D eigenvalue weighted by atomic mass is 10.3. The number of hydrogen-bond acceptors (Lipinski definition) is 4. The summed E-state index contributed by atoms with van der Waals surface area (Å²) in [7, 11) is 0. The number of rotatable bonds is 4. The summed E-state index contributed by atoms with van der Waals surface area (Å²) >= 11 is 1.35. The zero-order valence-electron chi connectivity index (χ0n) is 7.51. The summed E-state index contributed by atoms with van der Waals surface area (Å²) < 4.78 is 0. The number of carboxylic acids is 1. The Morgan fingerprint density at radius 2 is 2.14 bits per heavy atom. The van der Waals surface area contributed by atoms with Crippen LogP contribution in [0.3, 0.4) is 0 Å². The van der Waals surface area contributed by atoms with E-state index in [2.05, 4.69) is 0 Å². The molecule has 0 aromatic heterocycles. The van der Waals surface area contributed by atoms with Gasteiger partial charge in [-0.15, -0.1) is 11.8 Å². The highest BCUT2D eigenvalue weighted by molar-refractivity contribution is 7.99. The van der Waals surface area contributed by atoms with E-state index >= 15 is 0 Å². The van der Waals surface area contributed by atoms with Crippen LogP contribution in [0.2, 0.25) is 0 Å². The molecule has 0 heterocycles. The molecule has 14 heavy (non-hydrogen) atoms. The molecular weight excluding hydrogens is 200 g/mol. The molecule has 0 aliphatic rings. The highest BCUT2D eigenvalue weighted by atomic mass is 32.2.